The molecule has 3 heterocycles. The number of benzene rings is 1. The maximum Gasteiger partial charge on any atom is 0.224 e. The van der Waals surface area contributed by atoms with Crippen molar-refractivity contribution in [2.75, 3.05) is 69.1 Å². The smallest absolute Gasteiger partial charge is 0.224 e. The van der Waals surface area contributed by atoms with Crippen LogP contribution < -0.4 is 26.6 Å². The first kappa shape index (κ1) is 21.1. The molecule has 0 atom stereocenters. The molecule has 0 spiro atoms. The second kappa shape index (κ2) is 9.77. The van der Waals surface area contributed by atoms with Crippen molar-refractivity contribution < 1.29 is 9.47 Å². The van der Waals surface area contributed by atoms with Crippen LogP contribution in [-0.4, -0.2) is 77.7 Å². The summed E-state index contributed by atoms with van der Waals surface area (Å²) in [6.07, 6.45) is 1.71. The lowest BCUT2D eigenvalue weighted by atomic mass is 10.2. The van der Waals surface area contributed by atoms with Gasteiger partial charge in [-0.25, -0.2) is 10.5 Å². The fourth-order valence-electron chi connectivity index (χ4n) is 3.71. The summed E-state index contributed by atoms with van der Waals surface area (Å²) in [4.78, 5) is 13.2. The first-order chi connectivity index (χ1) is 15.2. The number of ether oxygens (including phenoxy) is 2. The van der Waals surface area contributed by atoms with E-state index in [4.69, 9.17) is 21.1 Å². The van der Waals surface area contributed by atoms with Gasteiger partial charge in [-0.05, 0) is 24.3 Å². The molecule has 11 heteroatoms. The number of nitrogens with two attached hydrogens (primary N) is 2. The van der Waals surface area contributed by atoms with Crippen LogP contribution in [0.25, 0.3) is 11.0 Å². The molecular weight excluding hydrogens is 398 g/mol. The van der Waals surface area contributed by atoms with Crippen molar-refractivity contribution in [2.24, 2.45) is 5.84 Å². The molecule has 5 N–H and O–H groups in total. The predicted molar refractivity (Wildman–Crippen MR) is 120 cm³/mol. The van der Waals surface area contributed by atoms with Gasteiger partial charge in [0.15, 0.2) is 11.5 Å². The highest BCUT2D eigenvalue weighted by Gasteiger charge is 2.18. The van der Waals surface area contributed by atoms with Crippen LogP contribution in [0.15, 0.2) is 30.5 Å². The number of nitrogens with zero attached hydrogens (tertiary/aromatic N) is 6. The molecule has 3 aromatic rings. The van der Waals surface area contributed by atoms with Gasteiger partial charge in [0.2, 0.25) is 5.95 Å². The zero-order valence-electron chi connectivity index (χ0n) is 17.7. The zero-order chi connectivity index (χ0) is 21.6. The Hall–Kier alpha value is -3.15. The molecule has 0 unspecified atom stereocenters. The lowest BCUT2D eigenvalue weighted by Crippen LogP contribution is -2.47. The van der Waals surface area contributed by atoms with Crippen LogP contribution in [0, 0.1) is 0 Å². The molecule has 0 amide bonds. The molecule has 11 nitrogen and oxygen atoms in total. The van der Waals surface area contributed by atoms with Crippen molar-refractivity contribution in [1.29, 1.82) is 0 Å². The summed E-state index contributed by atoms with van der Waals surface area (Å²) in [7, 11) is 1.67. The topological polar surface area (TPSA) is 133 Å². The van der Waals surface area contributed by atoms with Crippen LogP contribution in [0.3, 0.4) is 0 Å². The molecule has 1 fully saturated rings. The van der Waals surface area contributed by atoms with Crippen molar-refractivity contribution >= 4 is 28.5 Å². The molecule has 4 rings (SSSR count). The Balaban J connectivity index is 1.29. The summed E-state index contributed by atoms with van der Waals surface area (Å²) in [5.41, 5.74) is 10.2. The van der Waals surface area contributed by atoms with E-state index in [0.29, 0.717) is 24.7 Å². The number of hydrogen-bond donors (Lipinski definition) is 3. The number of hydrazine groups is 1. The van der Waals surface area contributed by atoms with E-state index in [9.17, 15) is 0 Å². The van der Waals surface area contributed by atoms with Crippen LogP contribution >= 0.6 is 0 Å². The molecule has 0 radical (unpaired) electrons. The maximum absolute atomic E-state index is 5.79. The van der Waals surface area contributed by atoms with E-state index in [1.54, 1.807) is 13.3 Å². The molecule has 31 heavy (non-hydrogen) atoms. The zero-order valence-corrected chi connectivity index (χ0v) is 17.7. The first-order valence-corrected chi connectivity index (χ1v) is 10.3. The highest BCUT2D eigenvalue weighted by molar-refractivity contribution is 5.87. The Kier molecular flexibility index (Phi) is 6.65. The van der Waals surface area contributed by atoms with Gasteiger partial charge >= 0.3 is 0 Å². The van der Waals surface area contributed by atoms with Crippen LogP contribution in [-0.2, 0) is 11.3 Å². The fraction of sp³-hybridized carbons (Fsp3) is 0.450. The van der Waals surface area contributed by atoms with Crippen molar-refractivity contribution in [1.82, 2.24) is 24.6 Å². The summed E-state index contributed by atoms with van der Waals surface area (Å²) in [6.45, 7) is 6.66. The van der Waals surface area contributed by atoms with E-state index >= 15 is 0 Å². The average molecular weight is 428 g/mol. The minimum absolute atomic E-state index is 0.172. The Labute approximate surface area is 180 Å². The third-order valence-corrected chi connectivity index (χ3v) is 5.41. The van der Waals surface area contributed by atoms with Crippen LogP contribution in [0.5, 0.6) is 5.75 Å². The van der Waals surface area contributed by atoms with E-state index in [1.807, 2.05) is 16.8 Å². The van der Waals surface area contributed by atoms with Gasteiger partial charge in [0.05, 0.1) is 24.7 Å². The maximum atomic E-state index is 5.79. The molecule has 1 saturated heterocycles. The number of rotatable bonds is 9. The number of nitrogen functional groups attached to an aromatic ring is 2. The quantitative estimate of drug-likeness (QED) is 0.252. The van der Waals surface area contributed by atoms with Crippen LogP contribution in [0.4, 0.5) is 17.5 Å². The summed E-state index contributed by atoms with van der Waals surface area (Å²) in [6, 6.07) is 8.25. The summed E-state index contributed by atoms with van der Waals surface area (Å²) >= 11 is 0. The molecule has 1 aliphatic heterocycles. The summed E-state index contributed by atoms with van der Waals surface area (Å²) in [5, 5.41) is 5.19. The number of anilines is 3. The second-order valence-corrected chi connectivity index (χ2v) is 7.34. The molecule has 1 aromatic carbocycles. The highest BCUT2D eigenvalue weighted by atomic mass is 16.5. The average Bonchev–Trinajstić information content (AvgIpc) is 3.21. The van der Waals surface area contributed by atoms with Gasteiger partial charge in [0, 0.05) is 45.5 Å². The lowest BCUT2D eigenvalue weighted by molar-refractivity contribution is 0.146. The molecule has 0 saturated carbocycles. The van der Waals surface area contributed by atoms with Crippen molar-refractivity contribution in [2.45, 2.75) is 6.54 Å². The molecular formula is C20H29N9O2. The molecule has 166 valence electrons. The molecule has 0 bridgehead atoms. The predicted octanol–water partition coefficient (Wildman–Crippen LogP) is 0.542. The summed E-state index contributed by atoms with van der Waals surface area (Å²) < 4.78 is 12.5. The lowest BCUT2D eigenvalue weighted by Gasteiger charge is -2.36. The normalized spacial score (nSPS) is 14.8. The number of nitrogens with one attached hydrogen (secondary N) is 1. The van der Waals surface area contributed by atoms with E-state index in [0.717, 1.165) is 50.4 Å². The number of methoxy groups -OCH3 is 1. The minimum atomic E-state index is 0.172. The Morgan fingerprint density at radius 1 is 1.03 bits per heavy atom. The Morgan fingerprint density at radius 3 is 2.52 bits per heavy atom. The van der Waals surface area contributed by atoms with Crippen LogP contribution in [0.1, 0.15) is 0 Å². The van der Waals surface area contributed by atoms with Crippen LogP contribution in [0.2, 0.25) is 0 Å². The Morgan fingerprint density at radius 2 is 1.81 bits per heavy atom. The third kappa shape index (κ3) is 4.95. The first-order valence-electron chi connectivity index (χ1n) is 10.3. The van der Waals surface area contributed by atoms with E-state index in [-0.39, 0.29) is 5.95 Å². The Bertz CT molecular complexity index is 984. The van der Waals surface area contributed by atoms with Gasteiger partial charge < -0.3 is 25.5 Å². The monoisotopic (exact) mass is 427 g/mol. The van der Waals surface area contributed by atoms with Crippen molar-refractivity contribution in [3.63, 3.8) is 0 Å². The SMILES string of the molecule is COCCOc1ccc(N2CCN(CCn3ncc4c(NN)nc(N)nc43)CC2)cc1. The van der Waals surface area contributed by atoms with E-state index < -0.39 is 0 Å². The summed E-state index contributed by atoms with van der Waals surface area (Å²) in [5.74, 6) is 7.04. The third-order valence-electron chi connectivity index (χ3n) is 5.41. The molecule has 2 aromatic heterocycles. The van der Waals surface area contributed by atoms with Gasteiger partial charge in [-0.1, -0.05) is 0 Å². The number of aromatic nitrogens is 4. The molecule has 0 aliphatic carbocycles. The van der Waals surface area contributed by atoms with Crippen molar-refractivity contribution in [3.8, 4) is 5.75 Å². The van der Waals surface area contributed by atoms with Gasteiger partial charge in [0.25, 0.3) is 0 Å². The van der Waals surface area contributed by atoms with Crippen molar-refractivity contribution in [3.05, 3.63) is 30.5 Å². The largest absolute Gasteiger partial charge is 0.491 e. The molecule has 1 aliphatic rings. The number of hydrogen-bond acceptors (Lipinski definition) is 10. The standard InChI is InChI=1S/C20H29N9O2/c1-30-12-13-31-16-4-2-15(3-5-16)28-9-6-27(7-10-28)8-11-29-19-17(14-23-29)18(26-22)24-20(21)25-19/h2-5,14H,6-13,22H2,1H3,(H3,21,24,25,26). The van der Waals surface area contributed by atoms with E-state index in [2.05, 4.69) is 42.4 Å². The van der Waals surface area contributed by atoms with Gasteiger partial charge in [-0.2, -0.15) is 15.1 Å². The minimum Gasteiger partial charge on any atom is -0.491 e. The second-order valence-electron chi connectivity index (χ2n) is 7.34. The fourth-order valence-corrected chi connectivity index (χ4v) is 3.71. The van der Waals surface area contributed by atoms with Gasteiger partial charge in [-0.3, -0.25) is 4.90 Å². The van der Waals surface area contributed by atoms with Gasteiger partial charge in [0.1, 0.15) is 12.4 Å². The number of fused-ring (bicyclic) bond motifs is 1. The van der Waals surface area contributed by atoms with Gasteiger partial charge in [-0.15, -0.1) is 0 Å². The van der Waals surface area contributed by atoms with E-state index in [1.165, 1.54) is 5.69 Å². The number of piperazine rings is 1. The highest BCUT2D eigenvalue weighted by Crippen LogP contribution is 2.22.